The van der Waals surface area contributed by atoms with Crippen molar-refractivity contribution in [3.05, 3.63) is 28.8 Å². The van der Waals surface area contributed by atoms with Crippen molar-refractivity contribution in [2.24, 2.45) is 0 Å². The van der Waals surface area contributed by atoms with Crippen LogP contribution in [0.5, 0.6) is 5.75 Å². The van der Waals surface area contributed by atoms with Gasteiger partial charge in [-0.3, -0.25) is 4.79 Å². The number of methoxy groups -OCH3 is 1. The van der Waals surface area contributed by atoms with Gasteiger partial charge in [-0.15, -0.1) is 0 Å². The Morgan fingerprint density at radius 3 is 2.53 bits per heavy atom. The molecule has 0 aliphatic heterocycles. The van der Waals surface area contributed by atoms with Crippen molar-refractivity contribution in [1.29, 1.82) is 0 Å². The third kappa shape index (κ3) is 1.75. The summed E-state index contributed by atoms with van der Waals surface area (Å²) >= 11 is 0. The molecule has 1 aromatic carbocycles. The van der Waals surface area contributed by atoms with Crippen molar-refractivity contribution in [1.82, 2.24) is 0 Å². The predicted molar refractivity (Wildman–Crippen MR) is 72.8 cm³/mol. The van der Waals surface area contributed by atoms with Gasteiger partial charge < -0.3 is 9.84 Å². The summed E-state index contributed by atoms with van der Waals surface area (Å²) in [6, 6.07) is 4.12. The quantitative estimate of drug-likeness (QED) is 0.908. The first kappa shape index (κ1) is 12.5. The summed E-state index contributed by atoms with van der Waals surface area (Å²) in [5.74, 6) is 0.145. The molecule has 19 heavy (non-hydrogen) atoms. The summed E-state index contributed by atoms with van der Waals surface area (Å²) in [6.45, 7) is 0. The van der Waals surface area contributed by atoms with E-state index in [1.165, 1.54) is 24.0 Å². The maximum absolute atomic E-state index is 11.7. The van der Waals surface area contributed by atoms with Gasteiger partial charge in [-0.05, 0) is 49.7 Å². The number of aliphatic carboxylic acids is 1. The summed E-state index contributed by atoms with van der Waals surface area (Å²) in [5, 5.41) is 9.61. The van der Waals surface area contributed by atoms with E-state index in [4.69, 9.17) is 4.74 Å². The maximum atomic E-state index is 11.7. The Bertz CT molecular complexity index is 515. The molecule has 0 amide bonds. The lowest BCUT2D eigenvalue weighted by Gasteiger charge is -2.39. The number of hydrogen-bond acceptors (Lipinski definition) is 2. The minimum absolute atomic E-state index is 0.697. The molecule has 2 aliphatic carbocycles. The number of carboxylic acid groups (broad SMARTS) is 1. The SMILES string of the molecule is COc1c(C2(C(=O)O)CCC2)ccc2c1CCCC2. The highest BCUT2D eigenvalue weighted by atomic mass is 16.5. The lowest BCUT2D eigenvalue weighted by molar-refractivity contribution is -0.147. The van der Waals surface area contributed by atoms with Crippen molar-refractivity contribution < 1.29 is 14.6 Å². The Labute approximate surface area is 113 Å². The third-order valence-corrected chi connectivity index (χ3v) is 4.82. The summed E-state index contributed by atoms with van der Waals surface area (Å²) < 4.78 is 5.61. The molecule has 0 bridgehead atoms. The summed E-state index contributed by atoms with van der Waals surface area (Å²) in [5.41, 5.74) is 2.79. The van der Waals surface area contributed by atoms with E-state index in [1.54, 1.807) is 7.11 Å². The van der Waals surface area contributed by atoms with E-state index in [9.17, 15) is 9.90 Å². The van der Waals surface area contributed by atoms with Gasteiger partial charge in [0.1, 0.15) is 5.75 Å². The molecule has 0 radical (unpaired) electrons. The van der Waals surface area contributed by atoms with E-state index < -0.39 is 11.4 Å². The highest BCUT2D eigenvalue weighted by Gasteiger charge is 2.48. The zero-order valence-corrected chi connectivity index (χ0v) is 11.4. The average Bonchev–Trinajstić information content (AvgIpc) is 2.36. The van der Waals surface area contributed by atoms with Gasteiger partial charge in [-0.2, -0.15) is 0 Å². The van der Waals surface area contributed by atoms with E-state index in [1.807, 2.05) is 6.07 Å². The van der Waals surface area contributed by atoms with Crippen LogP contribution in [0.2, 0.25) is 0 Å². The molecule has 2 aliphatic rings. The third-order valence-electron chi connectivity index (χ3n) is 4.82. The predicted octanol–water partition coefficient (Wildman–Crippen LogP) is 3.08. The van der Waals surface area contributed by atoms with Crippen LogP contribution in [0.15, 0.2) is 12.1 Å². The first-order valence-corrected chi connectivity index (χ1v) is 7.12. The van der Waals surface area contributed by atoms with Crippen LogP contribution in [0.3, 0.4) is 0 Å². The topological polar surface area (TPSA) is 46.5 Å². The van der Waals surface area contributed by atoms with Crippen LogP contribution in [0.4, 0.5) is 0 Å². The molecular weight excluding hydrogens is 240 g/mol. The van der Waals surface area contributed by atoms with Crippen LogP contribution in [0.25, 0.3) is 0 Å². The number of carboxylic acids is 1. The van der Waals surface area contributed by atoms with Crippen LogP contribution in [-0.4, -0.2) is 18.2 Å². The lowest BCUT2D eigenvalue weighted by Crippen LogP contribution is -2.42. The number of ether oxygens (including phenoxy) is 1. The second-order valence-electron chi connectivity index (χ2n) is 5.73. The fourth-order valence-electron chi connectivity index (χ4n) is 3.53. The van der Waals surface area contributed by atoms with Gasteiger partial charge in [0, 0.05) is 5.56 Å². The standard InChI is InChI=1S/C16H20O3/c1-19-14-12-6-3-2-5-11(12)7-8-13(14)16(15(17)18)9-4-10-16/h7-8H,2-6,9-10H2,1H3,(H,17,18). The molecule has 0 aromatic heterocycles. The van der Waals surface area contributed by atoms with Gasteiger partial charge in [0.2, 0.25) is 0 Å². The van der Waals surface area contributed by atoms with Crippen LogP contribution in [-0.2, 0) is 23.1 Å². The van der Waals surface area contributed by atoms with Gasteiger partial charge in [-0.25, -0.2) is 0 Å². The van der Waals surface area contributed by atoms with E-state index in [-0.39, 0.29) is 0 Å². The zero-order valence-electron chi connectivity index (χ0n) is 11.4. The van der Waals surface area contributed by atoms with E-state index in [2.05, 4.69) is 6.07 Å². The summed E-state index contributed by atoms with van der Waals surface area (Å²) in [4.78, 5) is 11.7. The number of rotatable bonds is 3. The summed E-state index contributed by atoms with van der Waals surface area (Å²) in [6.07, 6.45) is 6.96. The minimum atomic E-state index is -0.701. The monoisotopic (exact) mass is 260 g/mol. The van der Waals surface area contributed by atoms with Crippen molar-refractivity contribution in [3.63, 3.8) is 0 Å². The molecule has 1 aromatic rings. The molecule has 3 heteroatoms. The zero-order chi connectivity index (χ0) is 13.5. The van der Waals surface area contributed by atoms with Crippen LogP contribution in [0.1, 0.15) is 48.8 Å². The number of fused-ring (bicyclic) bond motifs is 1. The van der Waals surface area contributed by atoms with Crippen molar-refractivity contribution in [3.8, 4) is 5.75 Å². The first-order valence-electron chi connectivity index (χ1n) is 7.12. The van der Waals surface area contributed by atoms with Crippen molar-refractivity contribution in [2.45, 2.75) is 50.4 Å². The van der Waals surface area contributed by atoms with Gasteiger partial charge >= 0.3 is 5.97 Å². The fraction of sp³-hybridized carbons (Fsp3) is 0.562. The summed E-state index contributed by atoms with van der Waals surface area (Å²) in [7, 11) is 1.67. The van der Waals surface area contributed by atoms with E-state index in [0.717, 1.165) is 43.4 Å². The molecule has 102 valence electrons. The molecule has 1 N–H and O–H groups in total. The highest BCUT2D eigenvalue weighted by molar-refractivity contribution is 5.84. The first-order chi connectivity index (χ1) is 9.19. The number of hydrogen-bond donors (Lipinski definition) is 1. The van der Waals surface area contributed by atoms with Gasteiger partial charge in [-0.1, -0.05) is 18.6 Å². The second kappa shape index (κ2) is 4.55. The normalized spacial score (nSPS) is 20.3. The molecule has 0 saturated heterocycles. The Morgan fingerprint density at radius 2 is 1.95 bits per heavy atom. The Morgan fingerprint density at radius 1 is 1.21 bits per heavy atom. The van der Waals surface area contributed by atoms with Gasteiger partial charge in [0.25, 0.3) is 0 Å². The maximum Gasteiger partial charge on any atom is 0.314 e. The molecular formula is C16H20O3. The second-order valence-corrected chi connectivity index (χ2v) is 5.73. The van der Waals surface area contributed by atoms with Crippen LogP contribution >= 0.6 is 0 Å². The molecule has 0 atom stereocenters. The number of aryl methyl sites for hydroxylation is 1. The van der Waals surface area contributed by atoms with Crippen molar-refractivity contribution >= 4 is 5.97 Å². The molecule has 0 heterocycles. The number of benzene rings is 1. The van der Waals surface area contributed by atoms with Crippen LogP contribution < -0.4 is 4.74 Å². The molecule has 1 saturated carbocycles. The van der Waals surface area contributed by atoms with E-state index in [0.29, 0.717) is 0 Å². The Hall–Kier alpha value is -1.51. The molecule has 0 unspecified atom stereocenters. The highest BCUT2D eigenvalue weighted by Crippen LogP contribution is 2.49. The molecule has 0 spiro atoms. The Kier molecular flexibility index (Phi) is 3.00. The smallest absolute Gasteiger partial charge is 0.314 e. The van der Waals surface area contributed by atoms with Gasteiger partial charge in [0.05, 0.1) is 12.5 Å². The molecule has 3 nitrogen and oxygen atoms in total. The largest absolute Gasteiger partial charge is 0.496 e. The van der Waals surface area contributed by atoms with Crippen molar-refractivity contribution in [2.75, 3.05) is 7.11 Å². The van der Waals surface area contributed by atoms with E-state index >= 15 is 0 Å². The number of carbonyl (C=O) groups is 1. The minimum Gasteiger partial charge on any atom is -0.496 e. The average molecular weight is 260 g/mol. The molecule has 3 rings (SSSR count). The fourth-order valence-corrected chi connectivity index (χ4v) is 3.53. The van der Waals surface area contributed by atoms with Crippen LogP contribution in [0, 0.1) is 0 Å². The lowest BCUT2D eigenvalue weighted by atomic mass is 9.63. The Balaban J connectivity index is 2.14. The molecule has 1 fully saturated rings. The van der Waals surface area contributed by atoms with Gasteiger partial charge in [0.15, 0.2) is 0 Å².